The average Bonchev–Trinajstić information content (AvgIpc) is 3.32. The molecule has 0 N–H and O–H groups in total. The number of methoxy groups -OCH3 is 1. The summed E-state index contributed by atoms with van der Waals surface area (Å²) in [5.41, 5.74) is 3.73. The number of fused-ring (bicyclic) bond motifs is 5. The number of benzene rings is 2. The Balaban J connectivity index is 0.00000289. The Morgan fingerprint density at radius 1 is 0.914 bits per heavy atom. The van der Waals surface area contributed by atoms with Crippen LogP contribution in [0.2, 0.25) is 0 Å². The summed E-state index contributed by atoms with van der Waals surface area (Å²) in [5.74, 6) is 3.34. The second kappa shape index (κ2) is 11.9. The van der Waals surface area contributed by atoms with Crippen molar-refractivity contribution in [1.29, 1.82) is 0 Å². The fraction of sp³-hybridized carbons (Fsp3) is 0.483. The second-order valence-corrected chi connectivity index (χ2v) is 9.39. The van der Waals surface area contributed by atoms with E-state index in [2.05, 4.69) is 42.0 Å². The molecule has 0 atom stereocenters. The van der Waals surface area contributed by atoms with Gasteiger partial charge >= 0.3 is 0 Å². The minimum Gasteiger partial charge on any atom is -1.00 e. The van der Waals surface area contributed by atoms with Gasteiger partial charge < -0.3 is 31.4 Å². The van der Waals surface area contributed by atoms with E-state index in [-0.39, 0.29) is 12.4 Å². The van der Waals surface area contributed by atoms with Gasteiger partial charge in [0.1, 0.15) is 0 Å². The quantitative estimate of drug-likeness (QED) is 0.300. The average molecular weight is 498 g/mol. The Morgan fingerprint density at radius 2 is 1.66 bits per heavy atom. The highest BCUT2D eigenvalue weighted by Crippen LogP contribution is 2.41. The lowest BCUT2D eigenvalue weighted by atomic mass is 9.95. The molecule has 0 amide bonds. The van der Waals surface area contributed by atoms with Crippen LogP contribution in [0.4, 0.5) is 0 Å². The van der Waals surface area contributed by atoms with Crippen LogP contribution < -0.4 is 35.9 Å². The van der Waals surface area contributed by atoms with Gasteiger partial charge in [-0.3, -0.25) is 0 Å². The SMILES string of the molecule is CCCCCCCCCCOc1c(OC)ccc2cc3[n+](cc12)CCc1cc2c(cc1-3)OCO2.[Cl-]. The third-order valence-corrected chi connectivity index (χ3v) is 7.04. The molecule has 3 aromatic rings. The molecule has 35 heavy (non-hydrogen) atoms. The van der Waals surface area contributed by atoms with Crippen molar-refractivity contribution >= 4 is 10.8 Å². The first kappa shape index (κ1) is 25.4. The monoisotopic (exact) mass is 497 g/mol. The molecule has 0 saturated carbocycles. The van der Waals surface area contributed by atoms with Gasteiger partial charge in [0.15, 0.2) is 35.7 Å². The maximum atomic E-state index is 6.33. The van der Waals surface area contributed by atoms with Gasteiger partial charge in [-0.15, -0.1) is 0 Å². The highest BCUT2D eigenvalue weighted by atomic mass is 35.5. The van der Waals surface area contributed by atoms with Crippen LogP contribution in [0.15, 0.2) is 36.5 Å². The number of halogens is 1. The maximum absolute atomic E-state index is 6.33. The van der Waals surface area contributed by atoms with E-state index in [1.807, 2.05) is 6.07 Å². The number of rotatable bonds is 11. The highest BCUT2D eigenvalue weighted by Gasteiger charge is 2.28. The minimum atomic E-state index is 0. The van der Waals surface area contributed by atoms with Crippen LogP contribution >= 0.6 is 0 Å². The van der Waals surface area contributed by atoms with E-state index in [1.165, 1.54) is 61.8 Å². The lowest BCUT2D eigenvalue weighted by Crippen LogP contribution is -3.00. The molecule has 0 fully saturated rings. The molecule has 3 heterocycles. The fourth-order valence-electron chi connectivity index (χ4n) is 5.12. The molecule has 0 aliphatic carbocycles. The minimum absolute atomic E-state index is 0. The van der Waals surface area contributed by atoms with E-state index >= 15 is 0 Å². The first-order valence-corrected chi connectivity index (χ1v) is 12.9. The van der Waals surface area contributed by atoms with Crippen LogP contribution in [-0.2, 0) is 13.0 Å². The number of unbranched alkanes of at least 4 members (excludes halogenated alkanes) is 7. The van der Waals surface area contributed by atoms with Crippen molar-refractivity contribution in [2.75, 3.05) is 20.5 Å². The molecule has 5 nitrogen and oxygen atoms in total. The molecule has 2 aliphatic rings. The zero-order valence-corrected chi connectivity index (χ0v) is 21.7. The molecular formula is C29H36ClNO4. The molecule has 1 aromatic heterocycles. The van der Waals surface area contributed by atoms with Crippen molar-refractivity contribution in [1.82, 2.24) is 0 Å². The summed E-state index contributed by atoms with van der Waals surface area (Å²) in [6, 6.07) is 10.7. The Bertz CT molecular complexity index is 1160. The predicted octanol–water partition coefficient (Wildman–Crippen LogP) is 3.61. The van der Waals surface area contributed by atoms with E-state index in [4.69, 9.17) is 18.9 Å². The number of hydrogen-bond acceptors (Lipinski definition) is 4. The Labute approximate surface area is 214 Å². The maximum Gasteiger partial charge on any atom is 0.231 e. The van der Waals surface area contributed by atoms with Crippen molar-refractivity contribution in [2.45, 2.75) is 71.3 Å². The molecule has 0 saturated heterocycles. The van der Waals surface area contributed by atoms with Crippen LogP contribution in [0.1, 0.15) is 63.9 Å². The summed E-state index contributed by atoms with van der Waals surface area (Å²) < 4.78 is 25.6. The number of ether oxygens (including phenoxy) is 4. The van der Waals surface area contributed by atoms with Gasteiger partial charge in [0, 0.05) is 12.5 Å². The van der Waals surface area contributed by atoms with Crippen molar-refractivity contribution in [3.63, 3.8) is 0 Å². The van der Waals surface area contributed by atoms with E-state index in [1.54, 1.807) is 7.11 Å². The van der Waals surface area contributed by atoms with Crippen LogP contribution in [0.3, 0.4) is 0 Å². The molecular weight excluding hydrogens is 462 g/mol. The van der Waals surface area contributed by atoms with Gasteiger partial charge in [0.2, 0.25) is 12.5 Å². The number of hydrogen-bond donors (Lipinski definition) is 0. The van der Waals surface area contributed by atoms with Crippen LogP contribution in [0, 0.1) is 0 Å². The molecule has 0 radical (unpaired) electrons. The molecule has 2 aliphatic heterocycles. The lowest BCUT2D eigenvalue weighted by molar-refractivity contribution is -0.686. The summed E-state index contributed by atoms with van der Waals surface area (Å²) in [7, 11) is 1.72. The zero-order valence-electron chi connectivity index (χ0n) is 20.9. The third kappa shape index (κ3) is 5.45. The molecule has 2 aromatic carbocycles. The van der Waals surface area contributed by atoms with Crippen LogP contribution in [0.5, 0.6) is 23.0 Å². The second-order valence-electron chi connectivity index (χ2n) is 9.39. The largest absolute Gasteiger partial charge is 1.00 e. The third-order valence-electron chi connectivity index (χ3n) is 7.04. The van der Waals surface area contributed by atoms with Crippen molar-refractivity contribution in [3.05, 3.63) is 42.1 Å². The molecule has 0 bridgehead atoms. The number of aromatic nitrogens is 1. The first-order valence-electron chi connectivity index (χ1n) is 12.9. The van der Waals surface area contributed by atoms with Crippen LogP contribution in [-0.4, -0.2) is 20.5 Å². The zero-order chi connectivity index (χ0) is 23.3. The lowest BCUT2D eigenvalue weighted by Gasteiger charge is -2.18. The van der Waals surface area contributed by atoms with E-state index in [0.29, 0.717) is 6.79 Å². The number of nitrogens with zero attached hydrogens (tertiary/aromatic N) is 1. The molecule has 5 rings (SSSR count). The molecule has 188 valence electrons. The molecule has 6 heteroatoms. The van der Waals surface area contributed by atoms with Gasteiger partial charge in [-0.25, -0.2) is 0 Å². The Kier molecular flexibility index (Phi) is 8.61. The topological polar surface area (TPSA) is 40.8 Å². The van der Waals surface area contributed by atoms with E-state index < -0.39 is 0 Å². The molecule has 0 unspecified atom stereocenters. The summed E-state index contributed by atoms with van der Waals surface area (Å²) in [6.07, 6.45) is 13.5. The summed E-state index contributed by atoms with van der Waals surface area (Å²) >= 11 is 0. The van der Waals surface area contributed by atoms with Gasteiger partial charge in [-0.1, -0.05) is 51.9 Å². The van der Waals surface area contributed by atoms with Crippen molar-refractivity contribution in [3.8, 4) is 34.3 Å². The highest BCUT2D eigenvalue weighted by molar-refractivity contribution is 5.91. The number of pyridine rings is 1. The summed E-state index contributed by atoms with van der Waals surface area (Å²) in [4.78, 5) is 0. The smallest absolute Gasteiger partial charge is 0.231 e. The summed E-state index contributed by atoms with van der Waals surface area (Å²) in [6.45, 7) is 4.21. The van der Waals surface area contributed by atoms with Crippen molar-refractivity contribution in [2.24, 2.45) is 0 Å². The number of aryl methyl sites for hydroxylation is 2. The van der Waals surface area contributed by atoms with Gasteiger partial charge in [-0.2, -0.15) is 4.57 Å². The van der Waals surface area contributed by atoms with Gasteiger partial charge in [0.25, 0.3) is 0 Å². The van der Waals surface area contributed by atoms with Gasteiger partial charge in [0.05, 0.1) is 24.7 Å². The predicted molar refractivity (Wildman–Crippen MR) is 134 cm³/mol. The Morgan fingerprint density at radius 3 is 2.43 bits per heavy atom. The van der Waals surface area contributed by atoms with E-state index in [0.717, 1.165) is 59.8 Å². The van der Waals surface area contributed by atoms with Crippen LogP contribution in [0.25, 0.3) is 22.0 Å². The fourth-order valence-corrected chi connectivity index (χ4v) is 5.12. The Hall–Kier alpha value is -2.66. The van der Waals surface area contributed by atoms with Crippen molar-refractivity contribution < 1.29 is 35.9 Å². The normalized spacial score (nSPS) is 13.2. The first-order chi connectivity index (χ1) is 16.8. The van der Waals surface area contributed by atoms with Gasteiger partial charge in [-0.05, 0) is 41.6 Å². The standard InChI is InChI=1S/C29H36NO4.ClH/c1-3-4-5-6-7-8-9-10-15-32-29-24-19-30-14-13-22-17-27-28(34-20-33-27)18-23(22)25(30)16-21(24)11-12-26(29)31-2;/h11-12,16-19H,3-10,13-15,20H2,1-2H3;1H/q+1;/p-1. The van der Waals surface area contributed by atoms with E-state index in [9.17, 15) is 0 Å². The molecule has 0 spiro atoms. The summed E-state index contributed by atoms with van der Waals surface area (Å²) in [5, 5.41) is 2.26.